The molecule has 7 nitrogen and oxygen atoms in total. The predicted octanol–water partition coefficient (Wildman–Crippen LogP) is -0.00620. The highest BCUT2D eigenvalue weighted by atomic mass is 31.2. The average molecular weight is 281 g/mol. The lowest BCUT2D eigenvalue weighted by molar-refractivity contribution is -0.235. The van der Waals surface area contributed by atoms with Crippen LogP contribution < -0.4 is 5.73 Å². The van der Waals surface area contributed by atoms with Gasteiger partial charge in [-0.15, -0.1) is 0 Å². The number of hydrogen-bond donors (Lipinski definition) is 3. The molecule has 1 fully saturated rings. The summed E-state index contributed by atoms with van der Waals surface area (Å²) in [7, 11) is -4.04. The Kier molecular flexibility index (Phi) is 5.91. The minimum absolute atomic E-state index is 0.0404. The van der Waals surface area contributed by atoms with Crippen molar-refractivity contribution in [2.24, 2.45) is 5.73 Å². The Balaban J connectivity index is 2.33. The van der Waals surface area contributed by atoms with E-state index in [-0.39, 0.29) is 19.2 Å². The molecular formula is C10H20NO6P. The van der Waals surface area contributed by atoms with Crippen molar-refractivity contribution >= 4 is 13.9 Å². The summed E-state index contributed by atoms with van der Waals surface area (Å²) in [5, 5.41) is 0. The first kappa shape index (κ1) is 15.8. The number of carbonyl (C=O) groups excluding carboxylic acids is 1. The fourth-order valence-corrected chi connectivity index (χ4v) is 2.36. The first-order valence-electron chi connectivity index (χ1n) is 5.91. The van der Waals surface area contributed by atoms with Crippen molar-refractivity contribution in [3.8, 4) is 0 Å². The largest absolute Gasteiger partial charge is 0.344 e. The Hall–Kier alpha value is -0.300. The summed E-state index contributed by atoms with van der Waals surface area (Å²) in [4.78, 5) is 28.4. The zero-order valence-electron chi connectivity index (χ0n) is 10.2. The molecule has 0 radical (unpaired) electrons. The molecule has 0 spiro atoms. The molecule has 0 aromatic rings. The molecule has 18 heavy (non-hydrogen) atoms. The molecule has 4 N–H and O–H groups in total. The Morgan fingerprint density at radius 2 is 2.22 bits per heavy atom. The second-order valence-electron chi connectivity index (χ2n) is 4.48. The van der Waals surface area contributed by atoms with Gasteiger partial charge in [-0.2, -0.15) is 0 Å². The molecule has 0 aromatic carbocycles. The van der Waals surface area contributed by atoms with E-state index in [4.69, 9.17) is 25.0 Å². The fourth-order valence-electron chi connectivity index (χ4n) is 1.70. The van der Waals surface area contributed by atoms with E-state index in [0.29, 0.717) is 19.3 Å². The van der Waals surface area contributed by atoms with Gasteiger partial charge in [0.15, 0.2) is 6.29 Å². The maximum absolute atomic E-state index is 11.0. The molecule has 1 aliphatic rings. The summed E-state index contributed by atoms with van der Waals surface area (Å²) < 4.78 is 21.4. The van der Waals surface area contributed by atoms with Crippen molar-refractivity contribution in [1.82, 2.24) is 0 Å². The van der Waals surface area contributed by atoms with Crippen LogP contribution in [0.2, 0.25) is 0 Å². The zero-order valence-corrected chi connectivity index (χ0v) is 11.1. The number of nitrogens with two attached hydrogens (primary N) is 1. The Bertz CT molecular complexity index is 311. The van der Waals surface area contributed by atoms with Crippen LogP contribution in [0.5, 0.6) is 0 Å². The van der Waals surface area contributed by atoms with Crippen LogP contribution >= 0.6 is 7.60 Å². The van der Waals surface area contributed by atoms with Gasteiger partial charge in [-0.3, -0.25) is 9.36 Å². The van der Waals surface area contributed by atoms with Crippen molar-refractivity contribution in [1.29, 1.82) is 0 Å². The molecule has 0 bridgehead atoms. The third kappa shape index (κ3) is 5.56. The van der Waals surface area contributed by atoms with E-state index in [0.717, 1.165) is 12.8 Å². The third-order valence-corrected chi connectivity index (χ3v) is 3.62. The van der Waals surface area contributed by atoms with Gasteiger partial charge < -0.3 is 25.0 Å². The van der Waals surface area contributed by atoms with E-state index in [1.165, 1.54) is 0 Å². The van der Waals surface area contributed by atoms with Crippen LogP contribution in [0.3, 0.4) is 0 Å². The number of hydrogen-bond acceptors (Lipinski definition) is 5. The molecule has 2 unspecified atom stereocenters. The van der Waals surface area contributed by atoms with Gasteiger partial charge in [0.2, 0.25) is 5.79 Å². The highest BCUT2D eigenvalue weighted by molar-refractivity contribution is 7.51. The lowest BCUT2D eigenvalue weighted by atomic mass is 10.1. The monoisotopic (exact) mass is 281 g/mol. The van der Waals surface area contributed by atoms with Crippen molar-refractivity contribution in [3.63, 3.8) is 0 Å². The van der Waals surface area contributed by atoms with E-state index < -0.39 is 19.4 Å². The quantitative estimate of drug-likeness (QED) is 0.443. The molecule has 1 aliphatic heterocycles. The normalized spacial score (nSPS) is 26.8. The van der Waals surface area contributed by atoms with Gasteiger partial charge in [0.1, 0.15) is 0 Å². The summed E-state index contributed by atoms with van der Waals surface area (Å²) in [5.74, 6) is -1.22. The average Bonchev–Trinajstić information content (AvgIpc) is 2.34. The Morgan fingerprint density at radius 1 is 1.50 bits per heavy atom. The summed E-state index contributed by atoms with van der Waals surface area (Å²) in [6, 6.07) is -0.528. The molecule has 8 heteroatoms. The third-order valence-electron chi connectivity index (χ3n) is 2.78. The van der Waals surface area contributed by atoms with Crippen molar-refractivity contribution in [2.75, 3.05) is 19.4 Å². The van der Waals surface area contributed by atoms with Gasteiger partial charge >= 0.3 is 7.60 Å². The van der Waals surface area contributed by atoms with Crippen LogP contribution in [0.4, 0.5) is 0 Å². The van der Waals surface area contributed by atoms with Crippen molar-refractivity contribution in [3.05, 3.63) is 0 Å². The van der Waals surface area contributed by atoms with Crippen LogP contribution in [0, 0.1) is 0 Å². The minimum Gasteiger partial charge on any atom is -0.344 e. The van der Waals surface area contributed by atoms with Gasteiger partial charge in [-0.1, -0.05) is 0 Å². The Labute approximate surface area is 106 Å². The predicted molar refractivity (Wildman–Crippen MR) is 64.1 cm³/mol. The number of aldehydes is 1. The van der Waals surface area contributed by atoms with Gasteiger partial charge in [0, 0.05) is 12.5 Å². The topological polar surface area (TPSA) is 119 Å². The first-order valence-corrected chi connectivity index (χ1v) is 7.71. The zero-order chi connectivity index (χ0) is 13.6. The number of rotatable bonds is 7. The second-order valence-corrected chi connectivity index (χ2v) is 6.26. The standard InChI is InChI=1S/C10H20NO6P/c11-9(3-6-18(13,14)15)7-17-10(8-12)4-1-2-5-16-10/h8-9H,1-7,11H2,(H2,13,14,15). The number of carbonyl (C=O) groups is 1. The SMILES string of the molecule is NC(CCP(=O)(O)O)COC1(C=O)CCCCO1. The summed E-state index contributed by atoms with van der Waals surface area (Å²) in [5.41, 5.74) is 5.67. The van der Waals surface area contributed by atoms with Crippen molar-refractivity contribution in [2.45, 2.75) is 37.5 Å². The lowest BCUT2D eigenvalue weighted by Crippen LogP contribution is -2.44. The molecule has 0 amide bonds. The van der Waals surface area contributed by atoms with Gasteiger partial charge in [0.25, 0.3) is 0 Å². The maximum atomic E-state index is 11.0. The maximum Gasteiger partial charge on any atom is 0.325 e. The van der Waals surface area contributed by atoms with E-state index in [9.17, 15) is 9.36 Å². The van der Waals surface area contributed by atoms with E-state index in [2.05, 4.69) is 0 Å². The molecule has 1 saturated heterocycles. The highest BCUT2D eigenvalue weighted by Gasteiger charge is 2.34. The van der Waals surface area contributed by atoms with Crippen molar-refractivity contribution < 1.29 is 28.6 Å². The van der Waals surface area contributed by atoms with Gasteiger partial charge in [-0.25, -0.2) is 0 Å². The van der Waals surface area contributed by atoms with Crippen LogP contribution in [-0.2, 0) is 18.8 Å². The molecule has 106 valence electrons. The lowest BCUT2D eigenvalue weighted by Gasteiger charge is -2.32. The molecule has 0 aromatic heterocycles. The van der Waals surface area contributed by atoms with Crippen LogP contribution in [0.1, 0.15) is 25.7 Å². The van der Waals surface area contributed by atoms with Crippen LogP contribution in [-0.4, -0.2) is 47.3 Å². The molecule has 0 aliphatic carbocycles. The fraction of sp³-hybridized carbons (Fsp3) is 0.900. The van der Waals surface area contributed by atoms with E-state index >= 15 is 0 Å². The van der Waals surface area contributed by atoms with E-state index in [1.54, 1.807) is 0 Å². The molecule has 1 rings (SSSR count). The van der Waals surface area contributed by atoms with Crippen LogP contribution in [0.15, 0.2) is 0 Å². The summed E-state index contributed by atoms with van der Waals surface area (Å²) >= 11 is 0. The summed E-state index contributed by atoms with van der Waals surface area (Å²) in [6.07, 6.45) is 2.70. The minimum atomic E-state index is -4.04. The van der Waals surface area contributed by atoms with E-state index in [1.807, 2.05) is 0 Å². The van der Waals surface area contributed by atoms with Gasteiger partial charge in [-0.05, 0) is 19.3 Å². The second kappa shape index (κ2) is 6.75. The highest BCUT2D eigenvalue weighted by Crippen LogP contribution is 2.35. The summed E-state index contributed by atoms with van der Waals surface area (Å²) in [6.45, 7) is 0.509. The van der Waals surface area contributed by atoms with Crippen LogP contribution in [0.25, 0.3) is 0 Å². The molecule has 0 saturated carbocycles. The number of ether oxygens (including phenoxy) is 2. The Morgan fingerprint density at radius 3 is 2.72 bits per heavy atom. The van der Waals surface area contributed by atoms with Gasteiger partial charge in [0.05, 0.1) is 19.4 Å². The molecule has 2 atom stereocenters. The first-order chi connectivity index (χ1) is 8.37. The smallest absolute Gasteiger partial charge is 0.325 e. The molecule has 1 heterocycles. The molecular weight excluding hydrogens is 261 g/mol.